The second-order valence-corrected chi connectivity index (χ2v) is 11.4. The van der Waals surface area contributed by atoms with Crippen LogP contribution in [-0.2, 0) is 0 Å². The van der Waals surface area contributed by atoms with Gasteiger partial charge in [-0.3, -0.25) is 0 Å². The van der Waals surface area contributed by atoms with Crippen LogP contribution < -0.4 is 0 Å². The minimum Gasteiger partial charge on any atom is -0.393 e. The molecule has 3 N–H and O–H groups in total. The fraction of sp³-hybridized carbons (Fsp3) is 0.778. The standard InChI is InChI=1S/C27H43FO3/c1-18(7-5-13-26(2,3)31)23-11-12-24-19(8-6-14-27(23,24)4)9-10-20-15-21(29)16-25(30)22(20)17-28/h9-10,17-18,21,23-25,29-31H,5-8,11-16H2,1-4H3/b19-9+,20-10-,22-17+/t18-,21-,23-,24+,25+,27-/m1/s1. The van der Waals surface area contributed by atoms with Crippen molar-refractivity contribution in [3.05, 3.63) is 35.2 Å². The summed E-state index contributed by atoms with van der Waals surface area (Å²) in [5.74, 6) is 1.92. The number of hydrogen-bond acceptors (Lipinski definition) is 3. The van der Waals surface area contributed by atoms with Gasteiger partial charge in [0.05, 0.1) is 24.1 Å². The summed E-state index contributed by atoms with van der Waals surface area (Å²) >= 11 is 0. The third-order valence-corrected chi connectivity index (χ3v) is 8.47. The minimum atomic E-state index is -0.921. The quantitative estimate of drug-likeness (QED) is 0.480. The molecule has 3 rings (SSSR count). The molecule has 0 radical (unpaired) electrons. The molecule has 3 saturated carbocycles. The maximum absolute atomic E-state index is 13.4. The second kappa shape index (κ2) is 9.89. The Morgan fingerprint density at radius 3 is 2.65 bits per heavy atom. The van der Waals surface area contributed by atoms with Gasteiger partial charge in [-0.15, -0.1) is 0 Å². The van der Waals surface area contributed by atoms with E-state index in [0.717, 1.165) is 24.8 Å². The van der Waals surface area contributed by atoms with Gasteiger partial charge in [0.15, 0.2) is 0 Å². The van der Waals surface area contributed by atoms with Crippen molar-refractivity contribution in [1.82, 2.24) is 0 Å². The Morgan fingerprint density at radius 2 is 1.97 bits per heavy atom. The van der Waals surface area contributed by atoms with Crippen molar-refractivity contribution in [2.45, 2.75) is 110 Å². The summed E-state index contributed by atoms with van der Waals surface area (Å²) in [6, 6.07) is 0. The molecule has 0 saturated heterocycles. The van der Waals surface area contributed by atoms with E-state index in [2.05, 4.69) is 19.9 Å². The first-order valence-electron chi connectivity index (χ1n) is 12.3. The van der Waals surface area contributed by atoms with Crippen LogP contribution in [0.5, 0.6) is 0 Å². The lowest BCUT2D eigenvalue weighted by Gasteiger charge is -2.44. The molecular formula is C27H43FO3. The lowest BCUT2D eigenvalue weighted by molar-refractivity contribution is 0.0596. The summed E-state index contributed by atoms with van der Waals surface area (Å²) < 4.78 is 13.4. The van der Waals surface area contributed by atoms with Crippen LogP contribution in [0.1, 0.15) is 91.9 Å². The molecule has 176 valence electrons. The summed E-state index contributed by atoms with van der Waals surface area (Å²) in [4.78, 5) is 0. The third-order valence-electron chi connectivity index (χ3n) is 8.47. The molecule has 0 amide bonds. The molecule has 0 aromatic rings. The van der Waals surface area contributed by atoms with Gasteiger partial charge in [-0.25, -0.2) is 4.39 Å². The van der Waals surface area contributed by atoms with Crippen molar-refractivity contribution < 1.29 is 19.7 Å². The van der Waals surface area contributed by atoms with E-state index in [-0.39, 0.29) is 6.42 Å². The summed E-state index contributed by atoms with van der Waals surface area (Å²) in [5.41, 5.74) is 2.23. The van der Waals surface area contributed by atoms with Gasteiger partial charge in [-0.1, -0.05) is 44.4 Å². The second-order valence-electron chi connectivity index (χ2n) is 11.4. The van der Waals surface area contributed by atoms with Crippen LogP contribution >= 0.6 is 0 Å². The average Bonchev–Trinajstić information content (AvgIpc) is 3.02. The van der Waals surface area contributed by atoms with Gasteiger partial charge in [-0.05, 0) is 87.5 Å². The van der Waals surface area contributed by atoms with Crippen LogP contribution in [0.2, 0.25) is 0 Å². The normalized spacial score (nSPS) is 39.3. The number of rotatable bonds is 6. The van der Waals surface area contributed by atoms with Crippen LogP contribution in [-0.4, -0.2) is 33.1 Å². The van der Waals surface area contributed by atoms with E-state index < -0.39 is 17.8 Å². The van der Waals surface area contributed by atoms with Gasteiger partial charge in [0.1, 0.15) is 0 Å². The molecule has 4 heteroatoms. The Labute approximate surface area is 188 Å². The van der Waals surface area contributed by atoms with Crippen molar-refractivity contribution in [3.63, 3.8) is 0 Å². The van der Waals surface area contributed by atoms with E-state index in [1.54, 1.807) is 0 Å². The lowest BCUT2D eigenvalue weighted by atomic mass is 9.60. The fourth-order valence-electron chi connectivity index (χ4n) is 6.84. The van der Waals surface area contributed by atoms with Crippen LogP contribution in [0.15, 0.2) is 35.2 Å². The van der Waals surface area contributed by atoms with E-state index in [0.29, 0.717) is 41.5 Å². The number of halogens is 1. The monoisotopic (exact) mass is 434 g/mol. The Kier molecular flexibility index (Phi) is 7.87. The van der Waals surface area contributed by atoms with Gasteiger partial charge in [-0.2, -0.15) is 0 Å². The first-order chi connectivity index (χ1) is 14.5. The number of aliphatic hydroxyl groups is 3. The van der Waals surface area contributed by atoms with Crippen molar-refractivity contribution in [1.29, 1.82) is 0 Å². The molecule has 0 heterocycles. The summed E-state index contributed by atoms with van der Waals surface area (Å²) in [6.07, 6.45) is 12.8. The highest BCUT2D eigenvalue weighted by atomic mass is 19.1. The number of hydrogen-bond donors (Lipinski definition) is 3. The molecule has 0 bridgehead atoms. The number of aliphatic hydroxyl groups excluding tert-OH is 2. The Balaban J connectivity index is 1.73. The Bertz CT molecular complexity index is 716. The highest BCUT2D eigenvalue weighted by molar-refractivity contribution is 5.39. The lowest BCUT2D eigenvalue weighted by Crippen LogP contribution is -2.36. The first-order valence-corrected chi connectivity index (χ1v) is 12.3. The topological polar surface area (TPSA) is 60.7 Å². The van der Waals surface area contributed by atoms with Crippen molar-refractivity contribution in [2.24, 2.45) is 23.2 Å². The highest BCUT2D eigenvalue weighted by Crippen LogP contribution is 2.60. The molecule has 0 aromatic heterocycles. The average molecular weight is 435 g/mol. The van der Waals surface area contributed by atoms with Crippen LogP contribution in [0.25, 0.3) is 0 Å². The summed E-state index contributed by atoms with van der Waals surface area (Å²) in [7, 11) is 0. The SMILES string of the molecule is C[C@H](CCCC(C)(C)O)[C@H]1CC[C@H]2/C(=C/C=C3/C[C@@H](O)C[C@H](O)/C3=C/F)CCC[C@]12C. The van der Waals surface area contributed by atoms with Gasteiger partial charge < -0.3 is 15.3 Å². The molecule has 3 fully saturated rings. The molecule has 0 unspecified atom stereocenters. The van der Waals surface area contributed by atoms with E-state index in [4.69, 9.17) is 0 Å². The van der Waals surface area contributed by atoms with E-state index in [9.17, 15) is 19.7 Å². The van der Waals surface area contributed by atoms with E-state index in [1.165, 1.54) is 37.7 Å². The molecule has 0 spiro atoms. The van der Waals surface area contributed by atoms with Crippen LogP contribution in [0.4, 0.5) is 4.39 Å². The van der Waals surface area contributed by atoms with Gasteiger partial charge in [0.2, 0.25) is 0 Å². The molecule has 3 nitrogen and oxygen atoms in total. The number of fused-ring (bicyclic) bond motifs is 1. The predicted molar refractivity (Wildman–Crippen MR) is 124 cm³/mol. The smallest absolute Gasteiger partial charge is 0.0927 e. The maximum Gasteiger partial charge on any atom is 0.0927 e. The predicted octanol–water partition coefficient (Wildman–Crippen LogP) is 6.00. The minimum absolute atomic E-state index is 0.206. The molecule has 3 aliphatic rings. The summed E-state index contributed by atoms with van der Waals surface area (Å²) in [6.45, 7) is 8.66. The van der Waals surface area contributed by atoms with Gasteiger partial charge >= 0.3 is 0 Å². The first kappa shape index (κ1) is 24.7. The van der Waals surface area contributed by atoms with Crippen molar-refractivity contribution >= 4 is 0 Å². The molecular weight excluding hydrogens is 391 g/mol. The van der Waals surface area contributed by atoms with Gasteiger partial charge in [0.25, 0.3) is 0 Å². The fourth-order valence-corrected chi connectivity index (χ4v) is 6.84. The van der Waals surface area contributed by atoms with Crippen LogP contribution in [0, 0.1) is 23.2 Å². The maximum atomic E-state index is 13.4. The Morgan fingerprint density at radius 1 is 1.23 bits per heavy atom. The Hall–Kier alpha value is -0.970. The zero-order valence-electron chi connectivity index (χ0n) is 19.9. The molecule has 0 aliphatic heterocycles. The zero-order valence-corrected chi connectivity index (χ0v) is 19.9. The molecule has 0 aromatic carbocycles. The van der Waals surface area contributed by atoms with Crippen LogP contribution in [0.3, 0.4) is 0 Å². The highest BCUT2D eigenvalue weighted by Gasteiger charge is 2.50. The third kappa shape index (κ3) is 5.69. The summed E-state index contributed by atoms with van der Waals surface area (Å²) in [5, 5.41) is 30.2. The number of allylic oxidation sites excluding steroid dienone is 3. The van der Waals surface area contributed by atoms with E-state index >= 15 is 0 Å². The van der Waals surface area contributed by atoms with E-state index in [1.807, 2.05) is 19.9 Å². The van der Waals surface area contributed by atoms with Crippen molar-refractivity contribution in [2.75, 3.05) is 0 Å². The zero-order chi connectivity index (χ0) is 22.8. The molecule has 3 aliphatic carbocycles. The largest absolute Gasteiger partial charge is 0.393 e. The molecule has 6 atom stereocenters. The van der Waals surface area contributed by atoms with Gasteiger partial charge in [0, 0.05) is 12.0 Å². The van der Waals surface area contributed by atoms with Crippen molar-refractivity contribution in [3.8, 4) is 0 Å². The molecule has 31 heavy (non-hydrogen) atoms.